The molecule has 2 aromatic carbocycles. The molecule has 0 saturated heterocycles. The van der Waals surface area contributed by atoms with Gasteiger partial charge in [-0.1, -0.05) is 75.9 Å². The van der Waals surface area contributed by atoms with Gasteiger partial charge in [0.05, 0.1) is 0 Å². The monoisotopic (exact) mass is 295 g/mol. The van der Waals surface area contributed by atoms with Crippen molar-refractivity contribution in [1.29, 1.82) is 0 Å². The minimum absolute atomic E-state index is 0.585. The van der Waals surface area contributed by atoms with E-state index in [1.54, 1.807) is 0 Å². The SMILES string of the molecule is CCCCCC(CCC)N(c1ccccc1)c1ccccc1. The standard InChI is InChI=1S/C21H29N/c1-3-5-8-14-19(13-4-2)22(20-15-9-6-10-16-20)21-17-11-7-12-18-21/h6-7,9-12,15-19H,3-5,8,13-14H2,1-2H3. The average molecular weight is 295 g/mol. The first-order valence-corrected chi connectivity index (χ1v) is 8.76. The molecule has 0 bridgehead atoms. The Morgan fingerprint density at radius 1 is 0.682 bits per heavy atom. The minimum atomic E-state index is 0.585. The van der Waals surface area contributed by atoms with Crippen molar-refractivity contribution in [3.63, 3.8) is 0 Å². The molecule has 0 amide bonds. The van der Waals surface area contributed by atoms with E-state index in [0.29, 0.717) is 6.04 Å². The highest BCUT2D eigenvalue weighted by molar-refractivity contribution is 5.63. The van der Waals surface area contributed by atoms with Crippen LogP contribution in [-0.4, -0.2) is 6.04 Å². The topological polar surface area (TPSA) is 3.24 Å². The largest absolute Gasteiger partial charge is 0.338 e. The van der Waals surface area contributed by atoms with Gasteiger partial charge in [-0.3, -0.25) is 0 Å². The number of unbranched alkanes of at least 4 members (excludes halogenated alkanes) is 2. The van der Waals surface area contributed by atoms with E-state index in [0.717, 1.165) is 0 Å². The van der Waals surface area contributed by atoms with Crippen molar-refractivity contribution in [2.45, 2.75) is 58.4 Å². The van der Waals surface area contributed by atoms with Crippen molar-refractivity contribution in [1.82, 2.24) is 0 Å². The van der Waals surface area contributed by atoms with Crippen LogP contribution in [0.3, 0.4) is 0 Å². The summed E-state index contributed by atoms with van der Waals surface area (Å²) < 4.78 is 0. The number of rotatable bonds is 9. The second-order valence-electron chi connectivity index (χ2n) is 5.98. The molecule has 0 radical (unpaired) electrons. The molecule has 118 valence electrons. The Bertz CT molecular complexity index is 466. The summed E-state index contributed by atoms with van der Waals surface area (Å²) in [5.74, 6) is 0. The fourth-order valence-electron chi connectivity index (χ4n) is 3.11. The number of para-hydroxylation sites is 2. The fraction of sp³-hybridized carbons (Fsp3) is 0.429. The Balaban J connectivity index is 2.28. The van der Waals surface area contributed by atoms with Gasteiger partial charge in [0.15, 0.2) is 0 Å². The zero-order valence-corrected chi connectivity index (χ0v) is 14.0. The second-order valence-corrected chi connectivity index (χ2v) is 5.98. The summed E-state index contributed by atoms with van der Waals surface area (Å²) in [6.45, 7) is 4.57. The van der Waals surface area contributed by atoms with Crippen molar-refractivity contribution < 1.29 is 0 Å². The van der Waals surface area contributed by atoms with E-state index in [4.69, 9.17) is 0 Å². The first kappa shape index (κ1) is 16.6. The lowest BCUT2D eigenvalue weighted by molar-refractivity contribution is 0.515. The van der Waals surface area contributed by atoms with Crippen molar-refractivity contribution in [3.05, 3.63) is 60.7 Å². The maximum atomic E-state index is 2.54. The van der Waals surface area contributed by atoms with Gasteiger partial charge in [-0.2, -0.15) is 0 Å². The molecule has 2 rings (SSSR count). The molecule has 0 aromatic heterocycles. The summed E-state index contributed by atoms with van der Waals surface area (Å²) >= 11 is 0. The Morgan fingerprint density at radius 3 is 1.68 bits per heavy atom. The third-order valence-electron chi connectivity index (χ3n) is 4.20. The van der Waals surface area contributed by atoms with Gasteiger partial charge >= 0.3 is 0 Å². The van der Waals surface area contributed by atoms with Crippen molar-refractivity contribution >= 4 is 11.4 Å². The number of nitrogens with zero attached hydrogens (tertiary/aromatic N) is 1. The molecule has 22 heavy (non-hydrogen) atoms. The molecular weight excluding hydrogens is 266 g/mol. The number of hydrogen-bond acceptors (Lipinski definition) is 1. The first-order valence-electron chi connectivity index (χ1n) is 8.76. The lowest BCUT2D eigenvalue weighted by Crippen LogP contribution is -2.31. The van der Waals surface area contributed by atoms with Crippen molar-refractivity contribution in [2.75, 3.05) is 4.90 Å². The van der Waals surface area contributed by atoms with E-state index < -0.39 is 0 Å². The van der Waals surface area contributed by atoms with Crippen LogP contribution < -0.4 is 4.90 Å². The van der Waals surface area contributed by atoms with Crippen LogP contribution in [0.5, 0.6) is 0 Å². The molecule has 0 N–H and O–H groups in total. The highest BCUT2D eigenvalue weighted by Crippen LogP contribution is 2.31. The van der Waals surface area contributed by atoms with Gasteiger partial charge in [-0.05, 0) is 37.1 Å². The summed E-state index contributed by atoms with van der Waals surface area (Å²) in [6, 6.07) is 22.3. The molecule has 1 atom stereocenters. The summed E-state index contributed by atoms with van der Waals surface area (Å²) in [4.78, 5) is 2.54. The molecule has 0 spiro atoms. The number of anilines is 2. The molecular formula is C21H29N. The third-order valence-corrected chi connectivity index (χ3v) is 4.20. The van der Waals surface area contributed by atoms with E-state index in [1.165, 1.54) is 49.9 Å². The maximum Gasteiger partial charge on any atom is 0.0413 e. The molecule has 1 heteroatoms. The van der Waals surface area contributed by atoms with Gasteiger partial charge in [-0.15, -0.1) is 0 Å². The smallest absolute Gasteiger partial charge is 0.0413 e. The van der Waals surface area contributed by atoms with Crippen LogP contribution in [0, 0.1) is 0 Å². The number of hydrogen-bond donors (Lipinski definition) is 0. The van der Waals surface area contributed by atoms with Gasteiger partial charge in [0, 0.05) is 17.4 Å². The molecule has 0 heterocycles. The van der Waals surface area contributed by atoms with Crippen LogP contribution in [0.1, 0.15) is 52.4 Å². The Hall–Kier alpha value is -1.76. The van der Waals surface area contributed by atoms with Crippen LogP contribution in [0.15, 0.2) is 60.7 Å². The van der Waals surface area contributed by atoms with Crippen LogP contribution in [0.25, 0.3) is 0 Å². The average Bonchev–Trinajstić information content (AvgIpc) is 2.57. The molecule has 1 unspecified atom stereocenters. The maximum absolute atomic E-state index is 2.54. The molecule has 0 aliphatic carbocycles. The normalized spacial score (nSPS) is 12.1. The molecule has 1 nitrogen and oxygen atoms in total. The summed E-state index contributed by atoms with van der Waals surface area (Å²) in [5, 5.41) is 0. The lowest BCUT2D eigenvalue weighted by Gasteiger charge is -2.34. The van der Waals surface area contributed by atoms with Crippen LogP contribution in [0.2, 0.25) is 0 Å². The minimum Gasteiger partial charge on any atom is -0.338 e. The zero-order chi connectivity index (χ0) is 15.6. The van der Waals surface area contributed by atoms with Crippen LogP contribution in [-0.2, 0) is 0 Å². The Labute approximate surface area is 136 Å². The Morgan fingerprint density at radius 2 is 1.23 bits per heavy atom. The van der Waals surface area contributed by atoms with E-state index in [1.807, 2.05) is 0 Å². The van der Waals surface area contributed by atoms with E-state index >= 15 is 0 Å². The molecule has 0 aliphatic heterocycles. The lowest BCUT2D eigenvalue weighted by atomic mass is 10.0. The summed E-state index contributed by atoms with van der Waals surface area (Å²) in [7, 11) is 0. The highest BCUT2D eigenvalue weighted by Gasteiger charge is 2.19. The molecule has 2 aromatic rings. The molecule has 0 fully saturated rings. The van der Waals surface area contributed by atoms with Gasteiger partial charge in [0.25, 0.3) is 0 Å². The van der Waals surface area contributed by atoms with E-state index in [2.05, 4.69) is 79.4 Å². The van der Waals surface area contributed by atoms with Crippen LogP contribution in [0.4, 0.5) is 11.4 Å². The van der Waals surface area contributed by atoms with Crippen LogP contribution >= 0.6 is 0 Å². The quantitative estimate of drug-likeness (QED) is 0.473. The molecule has 0 aliphatic rings. The number of benzene rings is 2. The first-order chi connectivity index (χ1) is 10.9. The van der Waals surface area contributed by atoms with Crippen molar-refractivity contribution in [2.24, 2.45) is 0 Å². The van der Waals surface area contributed by atoms with Gasteiger partial charge < -0.3 is 4.90 Å². The Kier molecular flexibility index (Phi) is 7.02. The molecule has 0 saturated carbocycles. The zero-order valence-electron chi connectivity index (χ0n) is 14.0. The van der Waals surface area contributed by atoms with Crippen molar-refractivity contribution in [3.8, 4) is 0 Å². The van der Waals surface area contributed by atoms with Gasteiger partial charge in [0.1, 0.15) is 0 Å². The fourth-order valence-corrected chi connectivity index (χ4v) is 3.11. The predicted octanol–water partition coefficient (Wildman–Crippen LogP) is 6.57. The second kappa shape index (κ2) is 9.30. The van der Waals surface area contributed by atoms with E-state index in [9.17, 15) is 0 Å². The summed E-state index contributed by atoms with van der Waals surface area (Å²) in [5.41, 5.74) is 2.62. The van der Waals surface area contributed by atoms with Gasteiger partial charge in [0.2, 0.25) is 0 Å². The predicted molar refractivity (Wildman–Crippen MR) is 97.9 cm³/mol. The highest BCUT2D eigenvalue weighted by atomic mass is 15.2. The summed E-state index contributed by atoms with van der Waals surface area (Å²) in [6.07, 6.45) is 7.68. The van der Waals surface area contributed by atoms with E-state index in [-0.39, 0.29) is 0 Å². The third kappa shape index (κ3) is 4.62. The van der Waals surface area contributed by atoms with Gasteiger partial charge in [-0.25, -0.2) is 0 Å².